The van der Waals surface area contributed by atoms with E-state index >= 15 is 0 Å². The molecular formula is C25H34N2O. The van der Waals surface area contributed by atoms with Gasteiger partial charge >= 0.3 is 0 Å². The molecule has 1 aliphatic rings. The molecule has 3 heteroatoms. The van der Waals surface area contributed by atoms with E-state index in [1.807, 2.05) is 13.8 Å². The second-order valence-electron chi connectivity index (χ2n) is 8.49. The summed E-state index contributed by atoms with van der Waals surface area (Å²) in [5.74, 6) is 0.0209. The molecule has 150 valence electrons. The van der Waals surface area contributed by atoms with Crippen LogP contribution in [0.3, 0.4) is 0 Å². The van der Waals surface area contributed by atoms with Crippen molar-refractivity contribution in [1.29, 1.82) is 0 Å². The number of aryl methyl sites for hydroxylation is 1. The van der Waals surface area contributed by atoms with Crippen LogP contribution in [0.2, 0.25) is 0 Å². The minimum Gasteiger partial charge on any atom is -0.302 e. The molecule has 2 aromatic carbocycles. The predicted octanol–water partition coefficient (Wildman–Crippen LogP) is 6.13. The lowest BCUT2D eigenvalue weighted by Crippen LogP contribution is -2.28. The number of carbonyl (C=O) groups excluding carboxylic acids is 1. The average molecular weight is 379 g/mol. The average Bonchev–Trinajstić information content (AvgIpc) is 2.95. The van der Waals surface area contributed by atoms with E-state index < -0.39 is 5.41 Å². The fourth-order valence-corrected chi connectivity index (χ4v) is 3.92. The van der Waals surface area contributed by atoms with E-state index in [2.05, 4.69) is 60.2 Å². The second-order valence-corrected chi connectivity index (χ2v) is 8.49. The maximum atomic E-state index is 12.1. The highest BCUT2D eigenvalue weighted by Crippen LogP contribution is 2.33. The molecule has 0 aliphatic carbocycles. The Labute approximate surface area is 169 Å². The summed E-state index contributed by atoms with van der Waals surface area (Å²) in [6.07, 6.45) is 12.5. The van der Waals surface area contributed by atoms with Crippen LogP contribution < -0.4 is 10.9 Å². The molecule has 3 rings (SSSR count). The van der Waals surface area contributed by atoms with E-state index in [1.165, 1.54) is 66.8 Å². The summed E-state index contributed by atoms with van der Waals surface area (Å²) in [5.41, 5.74) is 8.89. The predicted molar refractivity (Wildman–Crippen MR) is 119 cm³/mol. The largest absolute Gasteiger partial charge is 0.302 e. The number of hydrogen-bond acceptors (Lipinski definition) is 2. The number of amides is 1. The molecule has 1 fully saturated rings. The highest BCUT2D eigenvalue weighted by Gasteiger charge is 2.38. The van der Waals surface area contributed by atoms with Crippen LogP contribution in [0.25, 0.3) is 16.8 Å². The minimum atomic E-state index is -0.534. The van der Waals surface area contributed by atoms with Gasteiger partial charge in [-0.3, -0.25) is 10.2 Å². The topological polar surface area (TPSA) is 41.1 Å². The smallest absolute Gasteiger partial charge is 0.249 e. The van der Waals surface area contributed by atoms with Crippen LogP contribution in [0.5, 0.6) is 0 Å². The van der Waals surface area contributed by atoms with Crippen molar-refractivity contribution >= 4 is 22.8 Å². The first kappa shape index (κ1) is 20.4. The number of carbonyl (C=O) groups is 1. The Morgan fingerprint density at radius 3 is 2.32 bits per heavy atom. The first-order valence-corrected chi connectivity index (χ1v) is 10.8. The van der Waals surface area contributed by atoms with Gasteiger partial charge in [-0.05, 0) is 54.7 Å². The van der Waals surface area contributed by atoms with Gasteiger partial charge in [0.05, 0.1) is 5.41 Å². The second kappa shape index (κ2) is 9.27. The Morgan fingerprint density at radius 2 is 1.61 bits per heavy atom. The highest BCUT2D eigenvalue weighted by molar-refractivity contribution is 5.95. The molecule has 0 bridgehead atoms. The standard InChI is InChI=1S/C25H34N2O/c1-4-5-6-7-8-9-10-13-20-17-16-19-14-11-12-15-21(19)22(20)18-23-25(2,3)24(28)27-26-23/h11-12,14-18,26H,4-10,13H2,1-3H3,(H,27,28)/b23-18-. The molecule has 0 spiro atoms. The molecule has 0 unspecified atom stereocenters. The molecule has 0 radical (unpaired) electrons. The van der Waals surface area contributed by atoms with Crippen molar-refractivity contribution in [2.45, 2.75) is 72.1 Å². The van der Waals surface area contributed by atoms with Crippen molar-refractivity contribution in [1.82, 2.24) is 10.9 Å². The molecule has 1 saturated heterocycles. The maximum Gasteiger partial charge on any atom is 0.249 e. The normalized spacial score (nSPS) is 17.1. The molecule has 3 nitrogen and oxygen atoms in total. The van der Waals surface area contributed by atoms with Crippen molar-refractivity contribution in [2.75, 3.05) is 0 Å². The fourth-order valence-electron chi connectivity index (χ4n) is 3.92. The molecule has 1 aliphatic heterocycles. The Hall–Kier alpha value is -2.29. The number of rotatable bonds is 9. The zero-order valence-corrected chi connectivity index (χ0v) is 17.6. The van der Waals surface area contributed by atoms with Crippen molar-refractivity contribution in [3.05, 3.63) is 53.2 Å². The van der Waals surface area contributed by atoms with Crippen LogP contribution in [0.15, 0.2) is 42.1 Å². The van der Waals surface area contributed by atoms with Crippen LogP contribution in [-0.4, -0.2) is 5.91 Å². The number of benzene rings is 2. The van der Waals surface area contributed by atoms with Gasteiger partial charge in [0.2, 0.25) is 5.91 Å². The zero-order valence-electron chi connectivity index (χ0n) is 17.6. The Morgan fingerprint density at radius 1 is 0.893 bits per heavy atom. The van der Waals surface area contributed by atoms with Gasteiger partial charge < -0.3 is 5.43 Å². The minimum absolute atomic E-state index is 0.0209. The molecule has 0 saturated carbocycles. The van der Waals surface area contributed by atoms with Crippen molar-refractivity contribution in [3.8, 4) is 0 Å². The van der Waals surface area contributed by atoms with Crippen molar-refractivity contribution < 1.29 is 4.79 Å². The van der Waals surface area contributed by atoms with Gasteiger partial charge in [0.1, 0.15) is 0 Å². The van der Waals surface area contributed by atoms with Crippen LogP contribution in [0.1, 0.15) is 76.8 Å². The van der Waals surface area contributed by atoms with Crippen LogP contribution in [0.4, 0.5) is 0 Å². The number of hydrogen-bond donors (Lipinski definition) is 2. The monoisotopic (exact) mass is 378 g/mol. The van der Waals surface area contributed by atoms with Crippen LogP contribution in [0, 0.1) is 5.41 Å². The van der Waals surface area contributed by atoms with E-state index in [0.717, 1.165) is 12.1 Å². The molecule has 2 N–H and O–H groups in total. The third kappa shape index (κ3) is 4.57. The summed E-state index contributed by atoms with van der Waals surface area (Å²) in [6, 6.07) is 13.0. The van der Waals surface area contributed by atoms with E-state index in [9.17, 15) is 4.79 Å². The van der Waals surface area contributed by atoms with E-state index in [1.54, 1.807) is 0 Å². The molecular weight excluding hydrogens is 344 g/mol. The Bertz CT molecular complexity index is 851. The third-order valence-electron chi connectivity index (χ3n) is 5.95. The molecule has 0 atom stereocenters. The summed E-state index contributed by atoms with van der Waals surface area (Å²) in [7, 11) is 0. The van der Waals surface area contributed by atoms with Gasteiger partial charge in [-0.1, -0.05) is 81.8 Å². The van der Waals surface area contributed by atoms with Gasteiger partial charge in [-0.15, -0.1) is 0 Å². The van der Waals surface area contributed by atoms with Gasteiger partial charge in [0.25, 0.3) is 0 Å². The third-order valence-corrected chi connectivity index (χ3v) is 5.95. The maximum absolute atomic E-state index is 12.1. The number of hydrazine groups is 1. The van der Waals surface area contributed by atoms with E-state index in [4.69, 9.17) is 0 Å². The zero-order chi connectivity index (χ0) is 20.0. The summed E-state index contributed by atoms with van der Waals surface area (Å²) < 4.78 is 0. The summed E-state index contributed by atoms with van der Waals surface area (Å²) >= 11 is 0. The van der Waals surface area contributed by atoms with Crippen molar-refractivity contribution in [3.63, 3.8) is 0 Å². The van der Waals surface area contributed by atoms with Crippen molar-refractivity contribution in [2.24, 2.45) is 5.41 Å². The Kier molecular flexibility index (Phi) is 6.77. The van der Waals surface area contributed by atoms with E-state index in [0.29, 0.717) is 0 Å². The van der Waals surface area contributed by atoms with Gasteiger partial charge in [0, 0.05) is 5.70 Å². The summed E-state index contributed by atoms with van der Waals surface area (Å²) in [4.78, 5) is 12.1. The number of unbranched alkanes of at least 4 members (excludes halogenated alkanes) is 6. The highest BCUT2D eigenvalue weighted by atomic mass is 16.2. The Balaban J connectivity index is 1.81. The summed E-state index contributed by atoms with van der Waals surface area (Å²) in [6.45, 7) is 6.20. The van der Waals surface area contributed by atoms with Gasteiger partial charge in [-0.25, -0.2) is 0 Å². The van der Waals surface area contributed by atoms with E-state index in [-0.39, 0.29) is 5.91 Å². The molecule has 1 heterocycles. The van der Waals surface area contributed by atoms with Gasteiger partial charge in [-0.2, -0.15) is 0 Å². The number of fused-ring (bicyclic) bond motifs is 1. The van der Waals surface area contributed by atoms with Gasteiger partial charge in [0.15, 0.2) is 0 Å². The lowest BCUT2D eigenvalue weighted by molar-refractivity contribution is -0.125. The molecule has 28 heavy (non-hydrogen) atoms. The molecule has 0 aromatic heterocycles. The fraction of sp³-hybridized carbons (Fsp3) is 0.480. The van der Waals surface area contributed by atoms with Crippen LogP contribution >= 0.6 is 0 Å². The lowest BCUT2D eigenvalue weighted by atomic mass is 9.87. The number of nitrogens with one attached hydrogen (secondary N) is 2. The quantitative estimate of drug-likeness (QED) is 0.515. The first-order valence-electron chi connectivity index (χ1n) is 10.8. The lowest BCUT2D eigenvalue weighted by Gasteiger charge is -2.17. The van der Waals surface area contributed by atoms with Crippen LogP contribution in [-0.2, 0) is 11.2 Å². The first-order chi connectivity index (χ1) is 13.5. The molecule has 2 aromatic rings. The summed E-state index contributed by atoms with van der Waals surface area (Å²) in [5, 5.41) is 2.50. The molecule has 1 amide bonds. The SMILES string of the molecule is CCCCCCCCCc1ccc2ccccc2c1/C=C1\NNC(=O)C1(C)C.